The molecule has 0 bridgehead atoms. The summed E-state index contributed by atoms with van der Waals surface area (Å²) >= 11 is 0. The molecule has 3 aromatic rings. The van der Waals surface area contributed by atoms with Crippen LogP contribution in [0.3, 0.4) is 0 Å². The zero-order chi connectivity index (χ0) is 15.2. The molecule has 7 heteroatoms. The van der Waals surface area contributed by atoms with Gasteiger partial charge in [0, 0.05) is 6.54 Å². The van der Waals surface area contributed by atoms with Crippen molar-refractivity contribution in [1.82, 2.24) is 25.5 Å². The number of nitrogens with zero attached hydrogens (tertiary/aromatic N) is 3. The Bertz CT molecular complexity index is 755. The topological polar surface area (TPSA) is 95.6 Å². The molecule has 0 unspecified atom stereocenters. The Morgan fingerprint density at radius 2 is 2.05 bits per heavy atom. The van der Waals surface area contributed by atoms with E-state index >= 15 is 0 Å². The number of hydrogen-bond acceptors (Lipinski definition) is 4. The smallest absolute Gasteiger partial charge is 0.320 e. The van der Waals surface area contributed by atoms with Crippen LogP contribution in [0.4, 0.5) is 10.6 Å². The van der Waals surface area contributed by atoms with Crippen molar-refractivity contribution < 1.29 is 4.79 Å². The molecule has 2 amide bonds. The lowest BCUT2D eigenvalue weighted by Gasteiger charge is -2.07. The number of urea groups is 1. The molecule has 112 valence electrons. The fourth-order valence-electron chi connectivity index (χ4n) is 2.16. The molecule has 22 heavy (non-hydrogen) atoms. The largest absolute Gasteiger partial charge is 0.338 e. The third kappa shape index (κ3) is 3.38. The SMILES string of the molecule is O=C(NCCCc1ccccc1)Nc1ncnc2[nH]ncc12. The first-order valence-electron chi connectivity index (χ1n) is 7.06. The first kappa shape index (κ1) is 14.0. The van der Waals surface area contributed by atoms with E-state index in [0.717, 1.165) is 12.8 Å². The minimum absolute atomic E-state index is 0.283. The number of benzene rings is 1. The van der Waals surface area contributed by atoms with E-state index in [4.69, 9.17) is 0 Å². The monoisotopic (exact) mass is 296 g/mol. The van der Waals surface area contributed by atoms with E-state index in [2.05, 4.69) is 42.9 Å². The van der Waals surface area contributed by atoms with Crippen LogP contribution < -0.4 is 10.6 Å². The second-order valence-electron chi connectivity index (χ2n) is 4.82. The molecule has 2 aromatic heterocycles. The van der Waals surface area contributed by atoms with E-state index in [9.17, 15) is 4.79 Å². The molecule has 0 fully saturated rings. The number of H-pyrrole nitrogens is 1. The van der Waals surface area contributed by atoms with Crippen molar-refractivity contribution in [2.75, 3.05) is 11.9 Å². The van der Waals surface area contributed by atoms with Crippen LogP contribution in [0.1, 0.15) is 12.0 Å². The number of carbonyl (C=O) groups is 1. The van der Waals surface area contributed by atoms with Crippen molar-refractivity contribution in [2.45, 2.75) is 12.8 Å². The molecule has 0 radical (unpaired) electrons. The van der Waals surface area contributed by atoms with Gasteiger partial charge in [-0.2, -0.15) is 5.10 Å². The molecule has 3 N–H and O–H groups in total. The molecular weight excluding hydrogens is 280 g/mol. The number of anilines is 1. The van der Waals surface area contributed by atoms with Crippen LogP contribution in [0.15, 0.2) is 42.9 Å². The highest BCUT2D eigenvalue weighted by molar-refractivity contribution is 5.96. The number of aryl methyl sites for hydroxylation is 1. The van der Waals surface area contributed by atoms with E-state index in [1.165, 1.54) is 11.9 Å². The Morgan fingerprint density at radius 3 is 2.91 bits per heavy atom. The number of amides is 2. The molecule has 0 aliphatic heterocycles. The van der Waals surface area contributed by atoms with Crippen LogP contribution in [-0.4, -0.2) is 32.7 Å². The van der Waals surface area contributed by atoms with E-state index in [0.29, 0.717) is 23.4 Å². The van der Waals surface area contributed by atoms with Crippen LogP contribution in [0.25, 0.3) is 11.0 Å². The van der Waals surface area contributed by atoms with Crippen LogP contribution in [0.5, 0.6) is 0 Å². The van der Waals surface area contributed by atoms with Gasteiger partial charge >= 0.3 is 6.03 Å². The predicted molar refractivity (Wildman–Crippen MR) is 83.5 cm³/mol. The minimum Gasteiger partial charge on any atom is -0.338 e. The Morgan fingerprint density at radius 1 is 1.18 bits per heavy atom. The highest BCUT2D eigenvalue weighted by Gasteiger charge is 2.08. The average molecular weight is 296 g/mol. The number of hydrogen-bond donors (Lipinski definition) is 3. The molecule has 3 rings (SSSR count). The molecule has 0 atom stereocenters. The number of nitrogens with one attached hydrogen (secondary N) is 3. The van der Waals surface area contributed by atoms with Crippen molar-refractivity contribution in [1.29, 1.82) is 0 Å². The molecule has 0 aliphatic carbocycles. The highest BCUT2D eigenvalue weighted by atomic mass is 16.2. The Hall–Kier alpha value is -2.96. The molecule has 7 nitrogen and oxygen atoms in total. The maximum atomic E-state index is 11.9. The van der Waals surface area contributed by atoms with E-state index in [1.54, 1.807) is 6.20 Å². The maximum Gasteiger partial charge on any atom is 0.320 e. The summed E-state index contributed by atoms with van der Waals surface area (Å²) in [5, 5.41) is 12.8. The number of carbonyl (C=O) groups excluding carboxylic acids is 1. The molecule has 0 saturated heterocycles. The van der Waals surface area contributed by atoms with Gasteiger partial charge in [-0.05, 0) is 18.4 Å². The zero-order valence-corrected chi connectivity index (χ0v) is 11.9. The van der Waals surface area contributed by atoms with Gasteiger partial charge in [0.25, 0.3) is 0 Å². The third-order valence-electron chi connectivity index (χ3n) is 3.25. The summed E-state index contributed by atoms with van der Waals surface area (Å²) in [6.07, 6.45) is 4.77. The maximum absolute atomic E-state index is 11.9. The predicted octanol–water partition coefficient (Wildman–Crippen LogP) is 2.11. The van der Waals surface area contributed by atoms with Gasteiger partial charge in [-0.1, -0.05) is 30.3 Å². The summed E-state index contributed by atoms with van der Waals surface area (Å²) in [7, 11) is 0. The van der Waals surface area contributed by atoms with Gasteiger partial charge in [0.2, 0.25) is 0 Å². The number of fused-ring (bicyclic) bond motifs is 1. The van der Waals surface area contributed by atoms with Crippen molar-refractivity contribution in [2.24, 2.45) is 0 Å². The van der Waals surface area contributed by atoms with Crippen LogP contribution >= 0.6 is 0 Å². The molecule has 0 spiro atoms. The summed E-state index contributed by atoms with van der Waals surface area (Å²) < 4.78 is 0. The summed E-state index contributed by atoms with van der Waals surface area (Å²) in [4.78, 5) is 19.9. The van der Waals surface area contributed by atoms with E-state index < -0.39 is 0 Å². The second-order valence-corrected chi connectivity index (χ2v) is 4.82. The summed E-state index contributed by atoms with van der Waals surface area (Å²) in [5.74, 6) is 0.444. The second kappa shape index (κ2) is 6.66. The van der Waals surface area contributed by atoms with Crippen LogP contribution in [0, 0.1) is 0 Å². The molecule has 0 saturated carbocycles. The van der Waals surface area contributed by atoms with Gasteiger partial charge in [-0.15, -0.1) is 0 Å². The van der Waals surface area contributed by atoms with Crippen molar-refractivity contribution in [3.63, 3.8) is 0 Å². The van der Waals surface area contributed by atoms with Gasteiger partial charge in [0.1, 0.15) is 12.1 Å². The van der Waals surface area contributed by atoms with Gasteiger partial charge in [0.15, 0.2) is 5.65 Å². The van der Waals surface area contributed by atoms with Gasteiger partial charge in [0.05, 0.1) is 11.6 Å². The quantitative estimate of drug-likeness (QED) is 0.628. The summed E-state index contributed by atoms with van der Waals surface area (Å²) in [6, 6.07) is 9.90. The molecule has 2 heterocycles. The fourth-order valence-corrected chi connectivity index (χ4v) is 2.16. The average Bonchev–Trinajstić information content (AvgIpc) is 3.02. The van der Waals surface area contributed by atoms with Crippen molar-refractivity contribution >= 4 is 22.9 Å². The molecule has 1 aromatic carbocycles. The van der Waals surface area contributed by atoms with Gasteiger partial charge in [-0.3, -0.25) is 10.4 Å². The third-order valence-corrected chi connectivity index (χ3v) is 3.25. The fraction of sp³-hybridized carbons (Fsp3) is 0.200. The van der Waals surface area contributed by atoms with Crippen molar-refractivity contribution in [3.8, 4) is 0 Å². The lowest BCUT2D eigenvalue weighted by molar-refractivity contribution is 0.252. The van der Waals surface area contributed by atoms with E-state index in [1.807, 2.05) is 18.2 Å². The molecular formula is C15H16N6O. The van der Waals surface area contributed by atoms with Crippen LogP contribution in [-0.2, 0) is 6.42 Å². The highest BCUT2D eigenvalue weighted by Crippen LogP contribution is 2.15. The number of aromatic amines is 1. The first-order chi connectivity index (χ1) is 10.8. The minimum atomic E-state index is -0.283. The molecule has 0 aliphatic rings. The van der Waals surface area contributed by atoms with Crippen molar-refractivity contribution in [3.05, 3.63) is 48.4 Å². The number of aromatic nitrogens is 4. The first-order valence-corrected chi connectivity index (χ1v) is 7.06. The Balaban J connectivity index is 1.48. The summed E-state index contributed by atoms with van der Waals surface area (Å²) in [6.45, 7) is 0.598. The Kier molecular flexibility index (Phi) is 4.24. The summed E-state index contributed by atoms with van der Waals surface area (Å²) in [5.41, 5.74) is 1.86. The zero-order valence-electron chi connectivity index (χ0n) is 11.9. The van der Waals surface area contributed by atoms with E-state index in [-0.39, 0.29) is 6.03 Å². The standard InChI is InChI=1S/C15H16N6O/c22-15(16-8-4-7-11-5-2-1-3-6-11)20-13-12-9-19-21-14(12)18-10-17-13/h1-3,5-6,9-10H,4,7-8H2,(H3,16,17,18,19,20,21,22). The lowest BCUT2D eigenvalue weighted by Crippen LogP contribution is -2.30. The normalized spacial score (nSPS) is 10.5. The Labute approximate surface area is 127 Å². The van der Waals surface area contributed by atoms with Crippen LogP contribution in [0.2, 0.25) is 0 Å². The number of rotatable bonds is 5. The lowest BCUT2D eigenvalue weighted by atomic mass is 10.1. The van der Waals surface area contributed by atoms with Gasteiger partial charge < -0.3 is 5.32 Å². The van der Waals surface area contributed by atoms with Gasteiger partial charge in [-0.25, -0.2) is 14.8 Å².